The Balaban J connectivity index is 2.32. The molecule has 0 aromatic heterocycles. The number of rotatable bonds is 3. The van der Waals surface area contributed by atoms with Crippen molar-refractivity contribution in [1.82, 2.24) is 5.01 Å². The van der Waals surface area contributed by atoms with E-state index in [1.807, 2.05) is 11.1 Å². The highest BCUT2D eigenvalue weighted by Gasteiger charge is 2.32. The van der Waals surface area contributed by atoms with Crippen LogP contribution in [-0.4, -0.2) is 18.7 Å². The number of benzene rings is 1. The van der Waals surface area contributed by atoms with E-state index in [0.717, 1.165) is 12.3 Å². The van der Waals surface area contributed by atoms with Gasteiger partial charge in [-0.15, -0.1) is 0 Å². The first-order valence-electron chi connectivity index (χ1n) is 5.32. The Morgan fingerprint density at radius 1 is 1.47 bits per heavy atom. The Kier molecular flexibility index (Phi) is 2.67. The van der Waals surface area contributed by atoms with E-state index in [9.17, 15) is 0 Å². The molecule has 0 aliphatic carbocycles. The standard InChI is InChI=1S/C12H18N2O/c1-8(2)10-6-9(11-7-14(11)13)4-5-12(10)15-3/h4-6,8,11H,7,13H2,1-3H3. The fraction of sp³-hybridized carbons (Fsp3) is 0.500. The summed E-state index contributed by atoms with van der Waals surface area (Å²) in [5, 5.41) is 1.84. The number of nitrogens with two attached hydrogens (primary N) is 1. The predicted molar refractivity (Wildman–Crippen MR) is 60.7 cm³/mol. The van der Waals surface area contributed by atoms with E-state index in [2.05, 4.69) is 26.0 Å². The molecule has 1 saturated heterocycles. The molecule has 2 rings (SSSR count). The van der Waals surface area contributed by atoms with Gasteiger partial charge in [-0.1, -0.05) is 26.0 Å². The van der Waals surface area contributed by atoms with Crippen LogP contribution in [0.5, 0.6) is 5.75 Å². The quantitative estimate of drug-likeness (QED) is 0.607. The van der Waals surface area contributed by atoms with Crippen molar-refractivity contribution >= 4 is 0 Å². The van der Waals surface area contributed by atoms with Gasteiger partial charge in [0, 0.05) is 6.54 Å². The average molecular weight is 206 g/mol. The molecule has 2 atom stereocenters. The molecule has 0 saturated carbocycles. The summed E-state index contributed by atoms with van der Waals surface area (Å²) in [6.07, 6.45) is 0. The number of methoxy groups -OCH3 is 1. The van der Waals surface area contributed by atoms with Crippen LogP contribution in [0, 0.1) is 0 Å². The third kappa shape index (κ3) is 1.98. The minimum Gasteiger partial charge on any atom is -0.496 e. The van der Waals surface area contributed by atoms with Crippen molar-refractivity contribution in [2.24, 2.45) is 5.84 Å². The van der Waals surface area contributed by atoms with Gasteiger partial charge in [-0.2, -0.15) is 0 Å². The molecule has 0 spiro atoms. The first-order valence-corrected chi connectivity index (χ1v) is 5.32. The van der Waals surface area contributed by atoms with E-state index in [4.69, 9.17) is 10.6 Å². The first-order chi connectivity index (χ1) is 7.13. The summed E-state index contributed by atoms with van der Waals surface area (Å²) in [5.41, 5.74) is 2.55. The highest BCUT2D eigenvalue weighted by atomic mass is 16.5. The van der Waals surface area contributed by atoms with Gasteiger partial charge in [0.25, 0.3) is 0 Å². The van der Waals surface area contributed by atoms with Crippen LogP contribution in [0.15, 0.2) is 18.2 Å². The second kappa shape index (κ2) is 3.83. The lowest BCUT2D eigenvalue weighted by Gasteiger charge is -2.13. The van der Waals surface area contributed by atoms with E-state index >= 15 is 0 Å². The van der Waals surface area contributed by atoms with E-state index in [1.54, 1.807) is 7.11 Å². The first kappa shape index (κ1) is 10.5. The number of hydrogen-bond acceptors (Lipinski definition) is 3. The average Bonchev–Trinajstić information content (AvgIpc) is 2.94. The number of hydrogen-bond donors (Lipinski definition) is 1. The Morgan fingerprint density at radius 3 is 2.60 bits per heavy atom. The summed E-state index contributed by atoms with van der Waals surface area (Å²) in [7, 11) is 1.72. The topological polar surface area (TPSA) is 38.3 Å². The smallest absolute Gasteiger partial charge is 0.122 e. The van der Waals surface area contributed by atoms with Crippen molar-refractivity contribution in [3.63, 3.8) is 0 Å². The molecule has 2 N–H and O–H groups in total. The van der Waals surface area contributed by atoms with Crippen LogP contribution in [0.4, 0.5) is 0 Å². The van der Waals surface area contributed by atoms with Gasteiger partial charge in [-0.25, -0.2) is 5.01 Å². The molecule has 1 heterocycles. The molecule has 3 nitrogen and oxygen atoms in total. The van der Waals surface area contributed by atoms with E-state index in [0.29, 0.717) is 12.0 Å². The molecule has 15 heavy (non-hydrogen) atoms. The molecular weight excluding hydrogens is 188 g/mol. The fourth-order valence-electron chi connectivity index (χ4n) is 1.86. The molecule has 0 radical (unpaired) electrons. The van der Waals surface area contributed by atoms with E-state index in [-0.39, 0.29) is 0 Å². The van der Waals surface area contributed by atoms with E-state index in [1.165, 1.54) is 11.1 Å². The lowest BCUT2D eigenvalue weighted by molar-refractivity contribution is 0.407. The maximum Gasteiger partial charge on any atom is 0.122 e. The third-order valence-corrected chi connectivity index (χ3v) is 2.91. The van der Waals surface area contributed by atoms with Gasteiger partial charge in [0.15, 0.2) is 0 Å². The third-order valence-electron chi connectivity index (χ3n) is 2.91. The summed E-state index contributed by atoms with van der Waals surface area (Å²) < 4.78 is 5.34. The zero-order valence-corrected chi connectivity index (χ0v) is 9.53. The van der Waals surface area contributed by atoms with Crippen LogP contribution in [0.1, 0.15) is 36.9 Å². The van der Waals surface area contributed by atoms with Crippen molar-refractivity contribution in [3.8, 4) is 5.75 Å². The van der Waals surface area contributed by atoms with Gasteiger partial charge in [-0.05, 0) is 23.1 Å². The SMILES string of the molecule is COc1ccc(C2CN2N)cc1C(C)C. The second-order valence-corrected chi connectivity index (χ2v) is 4.37. The molecule has 0 bridgehead atoms. The van der Waals surface area contributed by atoms with Gasteiger partial charge in [0.1, 0.15) is 5.75 Å². The van der Waals surface area contributed by atoms with Crippen molar-refractivity contribution in [2.45, 2.75) is 25.8 Å². The molecule has 1 aliphatic rings. The lowest BCUT2D eigenvalue weighted by atomic mass is 9.98. The van der Waals surface area contributed by atoms with E-state index < -0.39 is 0 Å². The summed E-state index contributed by atoms with van der Waals surface area (Å²) in [6, 6.07) is 6.76. The van der Waals surface area contributed by atoms with Gasteiger partial charge < -0.3 is 4.74 Å². The van der Waals surface area contributed by atoms with Crippen LogP contribution in [-0.2, 0) is 0 Å². The number of hydrazine groups is 1. The Morgan fingerprint density at radius 2 is 2.13 bits per heavy atom. The van der Waals surface area contributed by atoms with Crippen molar-refractivity contribution < 1.29 is 4.74 Å². The van der Waals surface area contributed by atoms with Crippen LogP contribution in [0.2, 0.25) is 0 Å². The normalized spacial score (nSPS) is 24.3. The number of nitrogens with zero attached hydrogens (tertiary/aromatic N) is 1. The molecule has 2 unspecified atom stereocenters. The van der Waals surface area contributed by atoms with Gasteiger partial charge >= 0.3 is 0 Å². The van der Waals surface area contributed by atoms with Crippen molar-refractivity contribution in [3.05, 3.63) is 29.3 Å². The molecule has 1 aromatic carbocycles. The highest BCUT2D eigenvalue weighted by Crippen LogP contribution is 2.35. The van der Waals surface area contributed by atoms with Crippen LogP contribution >= 0.6 is 0 Å². The maximum atomic E-state index is 5.70. The zero-order valence-electron chi connectivity index (χ0n) is 9.53. The van der Waals surface area contributed by atoms with Crippen LogP contribution in [0.3, 0.4) is 0 Å². The van der Waals surface area contributed by atoms with Crippen molar-refractivity contribution in [2.75, 3.05) is 13.7 Å². The number of ether oxygens (including phenoxy) is 1. The molecule has 1 aromatic rings. The molecule has 1 fully saturated rings. The Labute approximate surface area is 90.8 Å². The van der Waals surface area contributed by atoms with Crippen molar-refractivity contribution in [1.29, 1.82) is 0 Å². The van der Waals surface area contributed by atoms with Gasteiger partial charge in [0.2, 0.25) is 0 Å². The summed E-state index contributed by atoms with van der Waals surface area (Å²) in [6.45, 7) is 5.31. The Hall–Kier alpha value is -1.06. The highest BCUT2D eigenvalue weighted by molar-refractivity contribution is 5.41. The van der Waals surface area contributed by atoms with Crippen LogP contribution in [0.25, 0.3) is 0 Å². The summed E-state index contributed by atoms with van der Waals surface area (Å²) in [5.74, 6) is 7.14. The summed E-state index contributed by atoms with van der Waals surface area (Å²) in [4.78, 5) is 0. The molecule has 3 heteroatoms. The molecule has 82 valence electrons. The molecular formula is C12H18N2O. The maximum absolute atomic E-state index is 5.70. The van der Waals surface area contributed by atoms with Gasteiger partial charge in [0.05, 0.1) is 13.2 Å². The van der Waals surface area contributed by atoms with Crippen LogP contribution < -0.4 is 10.6 Å². The minimum atomic E-state index is 0.411. The fourth-order valence-corrected chi connectivity index (χ4v) is 1.86. The minimum absolute atomic E-state index is 0.411. The monoisotopic (exact) mass is 206 g/mol. The second-order valence-electron chi connectivity index (χ2n) is 4.37. The lowest BCUT2D eigenvalue weighted by Crippen LogP contribution is -2.06. The Bertz CT molecular complexity index is 363. The molecule has 1 aliphatic heterocycles. The zero-order chi connectivity index (χ0) is 11.0. The predicted octanol–water partition coefficient (Wildman–Crippen LogP) is 2.05. The summed E-state index contributed by atoms with van der Waals surface area (Å²) >= 11 is 0. The largest absolute Gasteiger partial charge is 0.496 e. The molecule has 0 amide bonds. The van der Waals surface area contributed by atoms with Gasteiger partial charge in [-0.3, -0.25) is 5.84 Å².